The van der Waals surface area contributed by atoms with Gasteiger partial charge in [0.05, 0.1) is 19.9 Å². The second kappa shape index (κ2) is 9.15. The van der Waals surface area contributed by atoms with Crippen LogP contribution in [0.25, 0.3) is 10.6 Å². The Morgan fingerprint density at radius 3 is 2.56 bits per heavy atom. The normalized spacial score (nSPS) is 14.4. The number of hydrogen-bond donors (Lipinski definition) is 2. The number of benzene rings is 2. The maximum Gasteiger partial charge on any atom is 0.283 e. The van der Waals surface area contributed by atoms with Crippen LogP contribution in [0, 0.1) is 6.92 Å². The molecule has 2 aromatic carbocycles. The van der Waals surface area contributed by atoms with Crippen LogP contribution in [-0.4, -0.2) is 43.7 Å². The van der Waals surface area contributed by atoms with E-state index in [2.05, 4.69) is 15.8 Å². The summed E-state index contributed by atoms with van der Waals surface area (Å²) < 4.78 is 21.8. The molecule has 1 aromatic heterocycles. The lowest BCUT2D eigenvalue weighted by atomic mass is 10.2. The van der Waals surface area contributed by atoms with Gasteiger partial charge in [-0.1, -0.05) is 12.1 Å². The Labute approximate surface area is 188 Å². The number of methoxy groups -OCH3 is 2. The Kier molecular flexibility index (Phi) is 6.13. The van der Waals surface area contributed by atoms with Gasteiger partial charge in [-0.2, -0.15) is 0 Å². The van der Waals surface area contributed by atoms with Gasteiger partial charge in [0.2, 0.25) is 6.10 Å². The first kappa shape index (κ1) is 21.4. The number of thiazole rings is 1. The smallest absolute Gasteiger partial charge is 0.283 e. The third-order valence-electron chi connectivity index (χ3n) is 4.73. The molecular formula is C22H21N3O6S. The Bertz CT molecular complexity index is 1160. The standard InChI is InChI=1S/C22H21N3O6S/c1-12-19(32-22(23-12)13-8-9-14(28-2)17(10-13)29-3)21(27)25-24-20(26)18-11-30-15-6-4-5-7-16(15)31-18/h4-10,18H,11H2,1-3H3,(H,24,26)(H,25,27). The second-order valence-corrected chi connectivity index (χ2v) is 7.81. The number of amides is 2. The fraction of sp³-hybridized carbons (Fsp3) is 0.227. The zero-order chi connectivity index (χ0) is 22.7. The highest BCUT2D eigenvalue weighted by Crippen LogP contribution is 2.35. The first-order valence-corrected chi connectivity index (χ1v) is 10.5. The monoisotopic (exact) mass is 455 g/mol. The molecule has 166 valence electrons. The molecule has 1 unspecified atom stereocenters. The number of nitrogens with one attached hydrogen (secondary N) is 2. The molecular weight excluding hydrogens is 434 g/mol. The van der Waals surface area contributed by atoms with E-state index in [1.807, 2.05) is 12.1 Å². The lowest BCUT2D eigenvalue weighted by molar-refractivity contribution is -0.131. The van der Waals surface area contributed by atoms with Crippen LogP contribution in [0.1, 0.15) is 15.4 Å². The van der Waals surface area contributed by atoms with Gasteiger partial charge in [-0.15, -0.1) is 11.3 Å². The number of nitrogens with zero attached hydrogens (tertiary/aromatic N) is 1. The quantitative estimate of drug-likeness (QED) is 0.570. The first-order valence-electron chi connectivity index (χ1n) is 9.68. The number of rotatable bonds is 5. The van der Waals surface area contributed by atoms with E-state index in [9.17, 15) is 9.59 Å². The predicted molar refractivity (Wildman–Crippen MR) is 117 cm³/mol. The highest BCUT2D eigenvalue weighted by Gasteiger charge is 2.28. The number of hydrogen-bond acceptors (Lipinski definition) is 8. The van der Waals surface area contributed by atoms with Crippen LogP contribution in [0.5, 0.6) is 23.0 Å². The Morgan fingerprint density at radius 2 is 1.81 bits per heavy atom. The van der Waals surface area contributed by atoms with Gasteiger partial charge in [-0.25, -0.2) is 4.98 Å². The SMILES string of the molecule is COc1ccc(-c2nc(C)c(C(=O)NNC(=O)C3COc4ccccc4O3)s2)cc1OC. The number of ether oxygens (including phenoxy) is 4. The average Bonchev–Trinajstić information content (AvgIpc) is 3.23. The lowest BCUT2D eigenvalue weighted by Crippen LogP contribution is -2.50. The summed E-state index contributed by atoms with van der Waals surface area (Å²) in [4.78, 5) is 29.9. The van der Waals surface area contributed by atoms with Crippen molar-refractivity contribution in [1.82, 2.24) is 15.8 Å². The largest absolute Gasteiger partial charge is 0.493 e. The summed E-state index contributed by atoms with van der Waals surface area (Å²) in [5.74, 6) is 1.22. The van der Waals surface area contributed by atoms with E-state index in [4.69, 9.17) is 18.9 Å². The second-order valence-electron chi connectivity index (χ2n) is 6.81. The molecule has 0 aliphatic carbocycles. The molecule has 4 rings (SSSR count). The van der Waals surface area contributed by atoms with Crippen molar-refractivity contribution >= 4 is 23.2 Å². The highest BCUT2D eigenvalue weighted by atomic mass is 32.1. The van der Waals surface area contributed by atoms with E-state index in [-0.39, 0.29) is 6.61 Å². The van der Waals surface area contributed by atoms with Gasteiger partial charge in [0.25, 0.3) is 11.8 Å². The van der Waals surface area contributed by atoms with Crippen molar-refractivity contribution in [3.8, 4) is 33.6 Å². The number of carbonyl (C=O) groups is 2. The Hall–Kier alpha value is -3.79. The molecule has 0 spiro atoms. The maximum absolute atomic E-state index is 12.6. The summed E-state index contributed by atoms with van der Waals surface area (Å²) in [6.45, 7) is 1.77. The molecule has 1 atom stereocenters. The number of aryl methyl sites for hydroxylation is 1. The third kappa shape index (κ3) is 4.30. The van der Waals surface area contributed by atoms with Crippen LogP contribution in [0.3, 0.4) is 0 Å². The van der Waals surface area contributed by atoms with Crippen LogP contribution in [0.15, 0.2) is 42.5 Å². The van der Waals surface area contributed by atoms with E-state index < -0.39 is 17.9 Å². The van der Waals surface area contributed by atoms with Crippen LogP contribution >= 0.6 is 11.3 Å². The van der Waals surface area contributed by atoms with Crippen molar-refractivity contribution in [3.05, 3.63) is 53.0 Å². The van der Waals surface area contributed by atoms with Crippen LogP contribution in [0.2, 0.25) is 0 Å². The van der Waals surface area contributed by atoms with Crippen LogP contribution in [-0.2, 0) is 4.79 Å². The number of carbonyl (C=O) groups excluding carboxylic acids is 2. The van der Waals surface area contributed by atoms with Crippen LogP contribution < -0.4 is 29.8 Å². The summed E-state index contributed by atoms with van der Waals surface area (Å²) in [6.07, 6.45) is -0.880. The minimum Gasteiger partial charge on any atom is -0.493 e. The predicted octanol–water partition coefficient (Wildman–Crippen LogP) is 2.74. The zero-order valence-corrected chi connectivity index (χ0v) is 18.4. The van der Waals surface area contributed by atoms with Gasteiger partial charge in [-0.05, 0) is 37.3 Å². The molecule has 2 N–H and O–H groups in total. The highest BCUT2D eigenvalue weighted by molar-refractivity contribution is 7.17. The summed E-state index contributed by atoms with van der Waals surface area (Å²) in [5.41, 5.74) is 6.13. The topological polar surface area (TPSA) is 108 Å². The fourth-order valence-electron chi connectivity index (χ4n) is 3.10. The minimum absolute atomic E-state index is 0.0434. The van der Waals surface area contributed by atoms with Crippen molar-refractivity contribution < 1.29 is 28.5 Å². The number of aromatic nitrogens is 1. The molecule has 0 radical (unpaired) electrons. The van der Waals surface area contributed by atoms with Crippen molar-refractivity contribution in [3.63, 3.8) is 0 Å². The average molecular weight is 455 g/mol. The molecule has 0 fully saturated rings. The summed E-state index contributed by atoms with van der Waals surface area (Å²) >= 11 is 1.20. The van der Waals surface area contributed by atoms with Crippen LogP contribution in [0.4, 0.5) is 0 Å². The molecule has 32 heavy (non-hydrogen) atoms. The molecule has 3 aromatic rings. The molecule has 9 nitrogen and oxygen atoms in total. The molecule has 0 bridgehead atoms. The van der Waals surface area contributed by atoms with Gasteiger partial charge >= 0.3 is 0 Å². The van der Waals surface area contributed by atoms with E-state index in [0.29, 0.717) is 38.6 Å². The summed E-state index contributed by atoms with van der Waals surface area (Å²) in [7, 11) is 3.11. The maximum atomic E-state index is 12.6. The van der Waals surface area contributed by atoms with E-state index in [1.54, 1.807) is 51.5 Å². The van der Waals surface area contributed by atoms with Gasteiger partial charge in [0, 0.05) is 5.56 Å². The zero-order valence-electron chi connectivity index (χ0n) is 17.6. The fourth-order valence-corrected chi connectivity index (χ4v) is 4.06. The molecule has 1 aliphatic heterocycles. The molecule has 1 aliphatic rings. The first-order chi connectivity index (χ1) is 15.5. The van der Waals surface area contributed by atoms with E-state index in [0.717, 1.165) is 5.56 Å². The number of para-hydroxylation sites is 2. The van der Waals surface area contributed by atoms with Gasteiger partial charge in [0.15, 0.2) is 23.0 Å². The Morgan fingerprint density at radius 1 is 1.06 bits per heavy atom. The lowest BCUT2D eigenvalue weighted by Gasteiger charge is -2.25. The number of hydrazine groups is 1. The summed E-state index contributed by atoms with van der Waals surface area (Å²) in [5, 5.41) is 0.639. The molecule has 0 saturated carbocycles. The summed E-state index contributed by atoms with van der Waals surface area (Å²) in [6, 6.07) is 12.5. The van der Waals surface area contributed by atoms with Crippen molar-refractivity contribution in [1.29, 1.82) is 0 Å². The number of fused-ring (bicyclic) bond motifs is 1. The van der Waals surface area contributed by atoms with Gasteiger partial charge in [0.1, 0.15) is 16.5 Å². The molecule has 2 heterocycles. The van der Waals surface area contributed by atoms with Gasteiger partial charge < -0.3 is 18.9 Å². The third-order valence-corrected chi connectivity index (χ3v) is 5.94. The van der Waals surface area contributed by atoms with Gasteiger partial charge in [-0.3, -0.25) is 20.4 Å². The Balaban J connectivity index is 1.41. The molecule has 10 heteroatoms. The molecule has 0 saturated heterocycles. The van der Waals surface area contributed by atoms with E-state index in [1.165, 1.54) is 11.3 Å². The molecule has 2 amide bonds. The van der Waals surface area contributed by atoms with E-state index >= 15 is 0 Å². The van der Waals surface area contributed by atoms with Crippen molar-refractivity contribution in [2.24, 2.45) is 0 Å². The van der Waals surface area contributed by atoms with Crippen molar-refractivity contribution in [2.45, 2.75) is 13.0 Å². The van der Waals surface area contributed by atoms with Crippen molar-refractivity contribution in [2.75, 3.05) is 20.8 Å². The minimum atomic E-state index is -0.880.